The zero-order chi connectivity index (χ0) is 9.68. The third kappa shape index (κ3) is 2.49. The van der Waals surface area contributed by atoms with E-state index in [9.17, 15) is 9.90 Å². The van der Waals surface area contributed by atoms with Gasteiger partial charge in [0.2, 0.25) is 0 Å². The Morgan fingerprint density at radius 3 is 2.77 bits per heavy atom. The van der Waals surface area contributed by atoms with Gasteiger partial charge in [-0.25, -0.2) is 0 Å². The van der Waals surface area contributed by atoms with Crippen LogP contribution in [0.3, 0.4) is 0 Å². The first-order valence-corrected chi connectivity index (χ1v) is 3.56. The molecule has 4 heteroatoms. The average molecular weight is 176 g/mol. The molecule has 4 nitrogen and oxygen atoms in total. The van der Waals surface area contributed by atoms with E-state index in [-0.39, 0.29) is 6.61 Å². The van der Waals surface area contributed by atoms with E-state index in [1.807, 2.05) is 6.07 Å². The SMILES string of the molecule is N#Cc1ccccc1COC([O])=O. The van der Waals surface area contributed by atoms with Gasteiger partial charge in [-0.2, -0.15) is 15.2 Å². The van der Waals surface area contributed by atoms with Crippen LogP contribution >= 0.6 is 0 Å². The number of rotatable bonds is 2. The Morgan fingerprint density at radius 1 is 1.46 bits per heavy atom. The second-order valence-electron chi connectivity index (χ2n) is 2.31. The summed E-state index contributed by atoms with van der Waals surface area (Å²) in [5, 5.41) is 18.6. The number of carbonyl (C=O) groups is 1. The molecule has 0 unspecified atom stereocenters. The molecule has 0 saturated carbocycles. The van der Waals surface area contributed by atoms with Crippen molar-refractivity contribution in [1.82, 2.24) is 0 Å². The first kappa shape index (κ1) is 9.07. The number of hydrogen-bond donors (Lipinski definition) is 0. The largest absolute Gasteiger partial charge is 0.550 e. The Kier molecular flexibility index (Phi) is 2.87. The van der Waals surface area contributed by atoms with Crippen molar-refractivity contribution in [3.63, 3.8) is 0 Å². The van der Waals surface area contributed by atoms with Gasteiger partial charge in [0.1, 0.15) is 6.61 Å². The Labute approximate surface area is 75.0 Å². The lowest BCUT2D eigenvalue weighted by molar-refractivity contribution is 0.0619. The summed E-state index contributed by atoms with van der Waals surface area (Å²) in [5.41, 5.74) is 0.943. The first-order valence-electron chi connectivity index (χ1n) is 3.56. The van der Waals surface area contributed by atoms with Crippen molar-refractivity contribution in [1.29, 1.82) is 5.26 Å². The number of nitriles is 1. The molecular formula is C9H6NO3. The van der Waals surface area contributed by atoms with Gasteiger partial charge in [0.15, 0.2) is 0 Å². The number of hydrogen-bond acceptors (Lipinski definition) is 3. The van der Waals surface area contributed by atoms with Crippen molar-refractivity contribution in [2.24, 2.45) is 0 Å². The summed E-state index contributed by atoms with van der Waals surface area (Å²) in [5.74, 6) is 0. The highest BCUT2D eigenvalue weighted by Gasteiger charge is 2.04. The van der Waals surface area contributed by atoms with Gasteiger partial charge in [0.05, 0.1) is 11.6 Å². The third-order valence-corrected chi connectivity index (χ3v) is 1.48. The molecule has 0 fully saturated rings. The van der Waals surface area contributed by atoms with Crippen LogP contribution in [0.15, 0.2) is 24.3 Å². The Balaban J connectivity index is 2.77. The van der Waals surface area contributed by atoms with Crippen LogP contribution in [0.25, 0.3) is 0 Å². The monoisotopic (exact) mass is 176 g/mol. The molecule has 0 aliphatic heterocycles. The highest BCUT2D eigenvalue weighted by Crippen LogP contribution is 2.08. The smallest absolute Gasteiger partial charge is 0.427 e. The van der Waals surface area contributed by atoms with Gasteiger partial charge >= 0.3 is 6.16 Å². The molecule has 0 heterocycles. The topological polar surface area (TPSA) is 70.0 Å². The van der Waals surface area contributed by atoms with Gasteiger partial charge in [-0.3, -0.25) is 0 Å². The van der Waals surface area contributed by atoms with Gasteiger partial charge in [-0.05, 0) is 6.07 Å². The van der Waals surface area contributed by atoms with Gasteiger partial charge in [0, 0.05) is 5.56 Å². The van der Waals surface area contributed by atoms with Crippen LogP contribution in [0.1, 0.15) is 11.1 Å². The number of nitrogens with zero attached hydrogens (tertiary/aromatic N) is 1. The summed E-state index contributed by atoms with van der Waals surface area (Å²) in [7, 11) is 0. The fourth-order valence-corrected chi connectivity index (χ4v) is 0.892. The molecule has 0 aromatic heterocycles. The van der Waals surface area contributed by atoms with E-state index < -0.39 is 6.16 Å². The molecule has 1 rings (SSSR count). The molecule has 65 valence electrons. The summed E-state index contributed by atoms with van der Waals surface area (Å²) in [6.07, 6.45) is -1.59. The minimum atomic E-state index is -1.59. The van der Waals surface area contributed by atoms with Crippen molar-refractivity contribution >= 4 is 6.16 Å². The molecule has 0 amide bonds. The van der Waals surface area contributed by atoms with E-state index in [1.54, 1.807) is 24.3 Å². The second-order valence-corrected chi connectivity index (χ2v) is 2.31. The molecular weight excluding hydrogens is 170 g/mol. The van der Waals surface area contributed by atoms with Gasteiger partial charge < -0.3 is 4.74 Å². The van der Waals surface area contributed by atoms with Crippen LogP contribution < -0.4 is 0 Å². The molecule has 1 aromatic carbocycles. The molecule has 0 atom stereocenters. The quantitative estimate of drug-likeness (QED) is 0.643. The zero-order valence-electron chi connectivity index (χ0n) is 6.69. The Morgan fingerprint density at radius 2 is 2.15 bits per heavy atom. The zero-order valence-corrected chi connectivity index (χ0v) is 6.69. The lowest BCUT2D eigenvalue weighted by Crippen LogP contribution is -2.00. The van der Waals surface area contributed by atoms with Crippen molar-refractivity contribution < 1.29 is 14.6 Å². The predicted octanol–water partition coefficient (Wildman–Crippen LogP) is 1.63. The van der Waals surface area contributed by atoms with Crippen LogP contribution in [-0.4, -0.2) is 6.16 Å². The van der Waals surface area contributed by atoms with Crippen LogP contribution in [0, 0.1) is 11.3 Å². The molecule has 0 bridgehead atoms. The summed E-state index contributed by atoms with van der Waals surface area (Å²) >= 11 is 0. The van der Waals surface area contributed by atoms with Crippen LogP contribution in [0.5, 0.6) is 0 Å². The van der Waals surface area contributed by atoms with Gasteiger partial charge in [-0.1, -0.05) is 18.2 Å². The molecule has 13 heavy (non-hydrogen) atoms. The summed E-state index contributed by atoms with van der Waals surface area (Å²) in [4.78, 5) is 9.96. The number of carbonyl (C=O) groups excluding carboxylic acids is 1. The maximum atomic E-state index is 9.96. The van der Waals surface area contributed by atoms with Crippen molar-refractivity contribution in [2.45, 2.75) is 6.61 Å². The fraction of sp³-hybridized carbons (Fsp3) is 0.111. The minimum Gasteiger partial charge on any atom is -0.427 e. The molecule has 1 aromatic rings. The van der Waals surface area contributed by atoms with E-state index in [0.717, 1.165) is 0 Å². The lowest BCUT2D eigenvalue weighted by Gasteiger charge is -2.00. The molecule has 0 N–H and O–H groups in total. The molecule has 0 aliphatic carbocycles. The van der Waals surface area contributed by atoms with E-state index in [0.29, 0.717) is 11.1 Å². The molecule has 1 radical (unpaired) electrons. The van der Waals surface area contributed by atoms with Crippen molar-refractivity contribution in [3.8, 4) is 6.07 Å². The summed E-state index contributed by atoms with van der Waals surface area (Å²) < 4.78 is 4.22. The molecule has 0 spiro atoms. The second kappa shape index (κ2) is 4.12. The van der Waals surface area contributed by atoms with E-state index >= 15 is 0 Å². The standard InChI is InChI=1S/C9H6NO3/c10-5-7-3-1-2-4-8(7)6-13-9(11)12/h1-4H,6H2. The summed E-state index contributed by atoms with van der Waals surface area (Å²) in [6.45, 7) is -0.147. The highest BCUT2D eigenvalue weighted by atomic mass is 16.7. The van der Waals surface area contributed by atoms with Crippen molar-refractivity contribution in [2.75, 3.05) is 0 Å². The Hall–Kier alpha value is -2.02. The Bertz CT molecular complexity index is 354. The van der Waals surface area contributed by atoms with E-state index in [2.05, 4.69) is 4.74 Å². The van der Waals surface area contributed by atoms with Crippen LogP contribution in [0.2, 0.25) is 0 Å². The highest BCUT2D eigenvalue weighted by molar-refractivity contribution is 5.56. The first-order chi connectivity index (χ1) is 6.24. The lowest BCUT2D eigenvalue weighted by atomic mass is 10.1. The van der Waals surface area contributed by atoms with Gasteiger partial charge in [-0.15, -0.1) is 0 Å². The summed E-state index contributed by atoms with van der Waals surface area (Å²) in [6, 6.07) is 8.54. The van der Waals surface area contributed by atoms with Crippen LogP contribution in [0.4, 0.5) is 4.79 Å². The average Bonchev–Trinajstić information content (AvgIpc) is 2.15. The number of benzene rings is 1. The third-order valence-electron chi connectivity index (χ3n) is 1.48. The molecule has 0 aliphatic rings. The van der Waals surface area contributed by atoms with Gasteiger partial charge in [0.25, 0.3) is 0 Å². The normalized spacial score (nSPS) is 8.85. The maximum Gasteiger partial charge on any atom is 0.550 e. The fourth-order valence-electron chi connectivity index (χ4n) is 0.892. The number of ether oxygens (including phenoxy) is 1. The minimum absolute atomic E-state index is 0.147. The predicted molar refractivity (Wildman–Crippen MR) is 42.0 cm³/mol. The molecule has 0 saturated heterocycles. The van der Waals surface area contributed by atoms with E-state index in [4.69, 9.17) is 5.26 Å². The van der Waals surface area contributed by atoms with Crippen molar-refractivity contribution in [3.05, 3.63) is 35.4 Å². The maximum absolute atomic E-state index is 9.96. The van der Waals surface area contributed by atoms with E-state index in [1.165, 1.54) is 0 Å². The van der Waals surface area contributed by atoms with Crippen LogP contribution in [-0.2, 0) is 16.5 Å².